The molecule has 2 aromatic rings. The second-order valence-corrected chi connectivity index (χ2v) is 24.6. The van der Waals surface area contributed by atoms with Crippen molar-refractivity contribution in [1.29, 1.82) is 0 Å². The highest BCUT2D eigenvalue weighted by atomic mass is 28.4. The van der Waals surface area contributed by atoms with Gasteiger partial charge in [0.2, 0.25) is 0 Å². The fourth-order valence-electron chi connectivity index (χ4n) is 10.1. The normalized spacial score (nSPS) is 34.7. The Morgan fingerprint density at radius 2 is 1.50 bits per heavy atom. The second-order valence-electron chi connectivity index (χ2n) is 19.8. The molecule has 1 aliphatic heterocycles. The Labute approximate surface area is 347 Å². The zero-order valence-electron chi connectivity index (χ0n) is 37.1. The highest BCUT2D eigenvalue weighted by Gasteiger charge is 2.73. The number of benzene rings is 2. The van der Waals surface area contributed by atoms with Crippen molar-refractivity contribution in [3.05, 3.63) is 65.7 Å². The molecule has 12 heteroatoms. The predicted molar refractivity (Wildman–Crippen MR) is 223 cm³/mol. The van der Waals surface area contributed by atoms with Crippen molar-refractivity contribution >= 4 is 14.1 Å². The Balaban J connectivity index is 1.51. The summed E-state index contributed by atoms with van der Waals surface area (Å²) in [6.45, 7) is 21.7. The molecule has 0 aromatic heterocycles. The Bertz CT molecular complexity index is 1690. The molecule has 1 saturated heterocycles. The van der Waals surface area contributed by atoms with Crippen molar-refractivity contribution in [2.75, 3.05) is 34.4 Å². The lowest BCUT2D eigenvalue weighted by atomic mass is 9.53. The number of Topliss-reactive ketones (excluding diaryl/α,β-unsaturated/α-hetero) is 1. The van der Waals surface area contributed by atoms with Gasteiger partial charge in [0.25, 0.3) is 0 Å². The largest absolute Gasteiger partial charge is 0.497 e. The maximum absolute atomic E-state index is 16.0. The van der Waals surface area contributed by atoms with Crippen LogP contribution >= 0.6 is 0 Å². The first-order valence-corrected chi connectivity index (χ1v) is 23.9. The number of hydrogen-bond acceptors (Lipinski definition) is 11. The topological polar surface area (TPSA) is 120 Å². The van der Waals surface area contributed by atoms with E-state index in [2.05, 4.69) is 47.7 Å². The lowest BCUT2D eigenvalue weighted by molar-refractivity contribution is -0.277. The number of rotatable bonds is 14. The van der Waals surface area contributed by atoms with Crippen molar-refractivity contribution in [3.63, 3.8) is 0 Å². The van der Waals surface area contributed by atoms with E-state index in [0.717, 1.165) is 16.9 Å². The van der Waals surface area contributed by atoms with Crippen LogP contribution in [0, 0.1) is 22.7 Å². The molecule has 1 spiro atoms. The maximum Gasteiger partial charge on any atom is 0.192 e. The standard InChI is InChI=1S/C46H70O11Si/c1-41(2,3)58(11,12)56-38-24-35-44(8,40(47)39(54-29-49-9)34-22-23-46(38,48)42(34,4)5)36(53-30-51-26-31-16-14-13-15-17-31)25-37(45(35)28-55-43(6,7)57-45)52-27-32-18-20-33(50-10)21-19-32/h13-21,34-39,48H,22-30H2,1-12H3/t34?,35-,36-,37+,38-,39+,44-,45+,46?/m0/s1. The third-order valence-electron chi connectivity index (χ3n) is 14.7. The summed E-state index contributed by atoms with van der Waals surface area (Å²) in [6.07, 6.45) is -1.22. The molecule has 58 heavy (non-hydrogen) atoms. The zero-order valence-corrected chi connectivity index (χ0v) is 38.1. The number of fused-ring (bicyclic) bond motifs is 4. The molecule has 6 rings (SSSR count). The van der Waals surface area contributed by atoms with Crippen molar-refractivity contribution < 1.29 is 52.2 Å². The number of ether oxygens (including phenoxy) is 8. The number of methoxy groups -OCH3 is 2. The van der Waals surface area contributed by atoms with Gasteiger partial charge in [-0.25, -0.2) is 0 Å². The Morgan fingerprint density at radius 3 is 2.10 bits per heavy atom. The summed E-state index contributed by atoms with van der Waals surface area (Å²) >= 11 is 0. The summed E-state index contributed by atoms with van der Waals surface area (Å²) < 4.78 is 58.6. The van der Waals surface area contributed by atoms with Crippen LogP contribution in [0.2, 0.25) is 18.1 Å². The highest BCUT2D eigenvalue weighted by Crippen LogP contribution is 2.63. The number of ketones is 1. The van der Waals surface area contributed by atoms with Gasteiger partial charge in [0, 0.05) is 30.8 Å². The van der Waals surface area contributed by atoms with Crippen LogP contribution in [-0.2, 0) is 55.6 Å². The molecular weight excluding hydrogens is 757 g/mol. The number of carbonyl (C=O) groups excluding carboxylic acids is 1. The van der Waals surface area contributed by atoms with Crippen LogP contribution in [-0.4, -0.2) is 95.0 Å². The van der Waals surface area contributed by atoms with Crippen LogP contribution in [0.15, 0.2) is 54.6 Å². The van der Waals surface area contributed by atoms with Crippen molar-refractivity contribution in [2.45, 2.75) is 154 Å². The fraction of sp³-hybridized carbons (Fsp3) is 0.717. The van der Waals surface area contributed by atoms with E-state index in [1.54, 1.807) is 14.2 Å². The maximum atomic E-state index is 16.0. The van der Waals surface area contributed by atoms with Crippen LogP contribution in [0.3, 0.4) is 0 Å². The van der Waals surface area contributed by atoms with Crippen LogP contribution in [0.4, 0.5) is 0 Å². The molecule has 4 aliphatic rings. The lowest BCUT2D eigenvalue weighted by Gasteiger charge is -2.58. The number of aliphatic hydroxyl groups is 1. The van der Waals surface area contributed by atoms with Gasteiger partial charge in [-0.2, -0.15) is 0 Å². The highest BCUT2D eigenvalue weighted by molar-refractivity contribution is 6.74. The summed E-state index contributed by atoms with van der Waals surface area (Å²) in [5.74, 6) is -1.31. The molecule has 3 saturated carbocycles. The van der Waals surface area contributed by atoms with Crippen molar-refractivity contribution in [1.82, 2.24) is 0 Å². The Kier molecular flexibility index (Phi) is 13.2. The fourth-order valence-corrected chi connectivity index (χ4v) is 11.5. The van der Waals surface area contributed by atoms with Crippen LogP contribution in [0.25, 0.3) is 0 Å². The molecule has 1 N–H and O–H groups in total. The molecule has 0 amide bonds. The smallest absolute Gasteiger partial charge is 0.192 e. The molecule has 4 fully saturated rings. The summed E-state index contributed by atoms with van der Waals surface area (Å²) in [6, 6.07) is 17.7. The van der Waals surface area contributed by atoms with E-state index in [1.165, 1.54) is 0 Å². The molecule has 2 unspecified atom stereocenters. The van der Waals surface area contributed by atoms with Crippen LogP contribution < -0.4 is 4.74 Å². The third kappa shape index (κ3) is 8.37. The molecule has 9 atom stereocenters. The van der Waals surface area contributed by atoms with E-state index in [1.807, 2.05) is 75.4 Å². The van der Waals surface area contributed by atoms with E-state index in [0.29, 0.717) is 32.3 Å². The molecule has 3 aliphatic carbocycles. The average molecular weight is 827 g/mol. The molecular formula is C46H70O11Si. The quantitative estimate of drug-likeness (QED) is 0.113. The lowest BCUT2D eigenvalue weighted by Crippen LogP contribution is -2.70. The summed E-state index contributed by atoms with van der Waals surface area (Å²) in [7, 11) is 0.674. The van der Waals surface area contributed by atoms with Gasteiger partial charge >= 0.3 is 0 Å². The minimum atomic E-state index is -2.53. The zero-order chi connectivity index (χ0) is 42.4. The van der Waals surface area contributed by atoms with Gasteiger partial charge in [-0.15, -0.1) is 0 Å². The van der Waals surface area contributed by atoms with Crippen LogP contribution in [0.1, 0.15) is 92.2 Å². The number of carbonyl (C=O) groups is 1. The third-order valence-corrected chi connectivity index (χ3v) is 19.2. The molecule has 2 aromatic carbocycles. The van der Waals surface area contributed by atoms with Gasteiger partial charge in [-0.05, 0) is 81.4 Å². The average Bonchev–Trinajstić information content (AvgIpc) is 3.63. The monoisotopic (exact) mass is 826 g/mol. The summed E-state index contributed by atoms with van der Waals surface area (Å²) in [5.41, 5.74) is -2.51. The number of hydrogen-bond donors (Lipinski definition) is 1. The minimum Gasteiger partial charge on any atom is -0.497 e. The van der Waals surface area contributed by atoms with Gasteiger partial charge in [0.1, 0.15) is 31.0 Å². The first kappa shape index (κ1) is 45.3. The van der Waals surface area contributed by atoms with Gasteiger partial charge < -0.3 is 47.4 Å². The van der Waals surface area contributed by atoms with E-state index in [-0.39, 0.29) is 43.5 Å². The molecule has 2 bridgehead atoms. The van der Waals surface area contributed by atoms with Crippen molar-refractivity contribution in [3.8, 4) is 5.75 Å². The first-order chi connectivity index (χ1) is 27.1. The van der Waals surface area contributed by atoms with Crippen molar-refractivity contribution in [2.24, 2.45) is 22.7 Å². The van der Waals surface area contributed by atoms with E-state index < -0.39 is 66.5 Å². The predicted octanol–water partition coefficient (Wildman–Crippen LogP) is 8.21. The van der Waals surface area contributed by atoms with E-state index in [4.69, 9.17) is 42.3 Å². The van der Waals surface area contributed by atoms with Crippen LogP contribution in [0.5, 0.6) is 5.75 Å². The van der Waals surface area contributed by atoms with Gasteiger partial charge in [-0.1, -0.05) is 77.1 Å². The summed E-state index contributed by atoms with van der Waals surface area (Å²) in [5, 5.41) is 13.2. The minimum absolute atomic E-state index is 0.0530. The first-order valence-electron chi connectivity index (χ1n) is 21.0. The van der Waals surface area contributed by atoms with E-state index in [9.17, 15) is 5.11 Å². The molecule has 324 valence electrons. The second kappa shape index (κ2) is 16.9. The SMILES string of the molecule is COCO[C@H]1C(=O)[C@]2(C)[C@@H](OCOCc3ccccc3)C[C@@H](OCc3ccc(OC)cc3)[C@@]3(COC(C)(C)O3)[C@H]2C[C@H](O[Si](C)(C)C(C)(C)C)C2(O)CCC1C2(C)C. The molecule has 11 nitrogen and oxygen atoms in total. The van der Waals surface area contributed by atoms with Gasteiger partial charge in [-0.3, -0.25) is 4.79 Å². The Hall–Kier alpha value is -2.23. The van der Waals surface area contributed by atoms with Gasteiger partial charge in [0.15, 0.2) is 19.9 Å². The molecule has 0 radical (unpaired) electrons. The van der Waals surface area contributed by atoms with Gasteiger partial charge in [0.05, 0.1) is 56.3 Å². The Morgan fingerprint density at radius 1 is 0.828 bits per heavy atom. The summed E-state index contributed by atoms with van der Waals surface area (Å²) in [4.78, 5) is 16.0. The molecule has 1 heterocycles. The van der Waals surface area contributed by atoms with E-state index >= 15 is 4.79 Å².